The van der Waals surface area contributed by atoms with Crippen LogP contribution in [0.3, 0.4) is 0 Å². The van der Waals surface area contributed by atoms with Gasteiger partial charge in [-0.05, 0) is 13.8 Å². The number of hydrogen-bond donors (Lipinski definition) is 1. The molecule has 0 radical (unpaired) electrons. The lowest BCUT2D eigenvalue weighted by molar-refractivity contribution is -0.385. The third kappa shape index (κ3) is 3.91. The number of nitro benzene ring substituents is 1. The number of carbonyl (C=O) groups is 2. The van der Waals surface area contributed by atoms with Gasteiger partial charge in [0.15, 0.2) is 23.9 Å². The van der Waals surface area contributed by atoms with Gasteiger partial charge in [-0.2, -0.15) is 0 Å². The van der Waals surface area contributed by atoms with Gasteiger partial charge in [-0.25, -0.2) is 0 Å². The number of amides is 1. The molecule has 0 aromatic heterocycles. The van der Waals surface area contributed by atoms with E-state index < -0.39 is 16.7 Å². The van der Waals surface area contributed by atoms with E-state index in [4.69, 9.17) is 9.47 Å². The van der Waals surface area contributed by atoms with E-state index in [1.54, 1.807) is 6.92 Å². The van der Waals surface area contributed by atoms with Crippen molar-refractivity contribution in [3.05, 3.63) is 27.8 Å². The first kappa shape index (κ1) is 16.4. The minimum atomic E-state index is -0.861. The van der Waals surface area contributed by atoms with Gasteiger partial charge in [0.25, 0.3) is 11.6 Å². The summed E-state index contributed by atoms with van der Waals surface area (Å²) in [5.41, 5.74) is -0.543. The van der Waals surface area contributed by atoms with E-state index in [1.807, 2.05) is 0 Å². The summed E-state index contributed by atoms with van der Waals surface area (Å²) in [5.74, 6) is -0.200. The molecule has 1 aromatic rings. The summed E-state index contributed by atoms with van der Waals surface area (Å²) in [6.45, 7) is 3.70. The summed E-state index contributed by atoms with van der Waals surface area (Å²) in [4.78, 5) is 32.7. The van der Waals surface area contributed by atoms with Crippen LogP contribution >= 0.6 is 0 Å². The zero-order valence-electron chi connectivity index (χ0n) is 11.9. The van der Waals surface area contributed by atoms with E-state index >= 15 is 0 Å². The summed E-state index contributed by atoms with van der Waals surface area (Å²) in [6, 6.07) is 2.27. The molecule has 1 atom stereocenters. The number of likely N-dealkylation sites (N-methyl/N-ethyl adjacent to an activating group) is 1. The summed E-state index contributed by atoms with van der Waals surface area (Å²) >= 11 is 0. The highest BCUT2D eigenvalue weighted by Crippen LogP contribution is 2.34. The smallest absolute Gasteiger partial charge is 0.283 e. The Balaban J connectivity index is 3.16. The Hall–Kier alpha value is -2.64. The highest BCUT2D eigenvalue weighted by atomic mass is 16.6. The predicted octanol–water partition coefficient (Wildman–Crippen LogP) is 1.32. The second-order valence-corrected chi connectivity index (χ2v) is 4.09. The third-order valence-corrected chi connectivity index (χ3v) is 2.66. The van der Waals surface area contributed by atoms with Gasteiger partial charge in [0.05, 0.1) is 23.7 Å². The second kappa shape index (κ2) is 7.22. The number of hydrogen-bond acceptors (Lipinski definition) is 6. The van der Waals surface area contributed by atoms with Gasteiger partial charge in [0.1, 0.15) is 0 Å². The van der Waals surface area contributed by atoms with Gasteiger partial charge in [0.2, 0.25) is 0 Å². The zero-order valence-corrected chi connectivity index (χ0v) is 11.9. The molecule has 0 aliphatic heterocycles. The number of methoxy groups -OCH3 is 1. The first-order valence-electron chi connectivity index (χ1n) is 6.20. The Labute approximate surface area is 121 Å². The number of aldehydes is 1. The maximum absolute atomic E-state index is 11.6. The molecule has 0 bridgehead atoms. The molecule has 0 saturated heterocycles. The van der Waals surface area contributed by atoms with Crippen molar-refractivity contribution in [2.45, 2.75) is 20.0 Å². The lowest BCUT2D eigenvalue weighted by Gasteiger charge is -2.16. The van der Waals surface area contributed by atoms with Crippen molar-refractivity contribution >= 4 is 17.9 Å². The Morgan fingerprint density at radius 1 is 1.48 bits per heavy atom. The van der Waals surface area contributed by atoms with Crippen LogP contribution in [0.2, 0.25) is 0 Å². The number of ether oxygens (including phenoxy) is 2. The molecule has 8 heteroatoms. The number of benzene rings is 1. The molecule has 0 fully saturated rings. The minimum absolute atomic E-state index is 0.0218. The highest BCUT2D eigenvalue weighted by molar-refractivity contribution is 5.84. The van der Waals surface area contributed by atoms with Crippen LogP contribution in [0.15, 0.2) is 12.1 Å². The molecule has 1 rings (SSSR count). The molecule has 1 unspecified atom stereocenters. The number of carbonyl (C=O) groups excluding carboxylic acids is 2. The average molecular weight is 296 g/mol. The molecular formula is C13H16N2O6. The summed E-state index contributed by atoms with van der Waals surface area (Å²) in [6.07, 6.45) is -0.502. The van der Waals surface area contributed by atoms with Gasteiger partial charge in [-0.1, -0.05) is 0 Å². The van der Waals surface area contributed by atoms with Crippen molar-refractivity contribution in [2.75, 3.05) is 13.7 Å². The number of nitrogens with one attached hydrogen (secondary N) is 1. The first-order chi connectivity index (χ1) is 9.94. The van der Waals surface area contributed by atoms with Gasteiger partial charge >= 0.3 is 0 Å². The van der Waals surface area contributed by atoms with Crippen molar-refractivity contribution in [2.24, 2.45) is 0 Å². The first-order valence-corrected chi connectivity index (χ1v) is 6.20. The number of nitro groups is 1. The summed E-state index contributed by atoms with van der Waals surface area (Å²) in [5, 5.41) is 13.5. The highest BCUT2D eigenvalue weighted by Gasteiger charge is 2.22. The van der Waals surface area contributed by atoms with Gasteiger partial charge in [-0.15, -0.1) is 0 Å². The van der Waals surface area contributed by atoms with Crippen molar-refractivity contribution in [3.63, 3.8) is 0 Å². The normalized spacial score (nSPS) is 11.4. The van der Waals surface area contributed by atoms with Crippen molar-refractivity contribution < 1.29 is 24.0 Å². The van der Waals surface area contributed by atoms with E-state index in [2.05, 4.69) is 5.32 Å². The predicted molar refractivity (Wildman–Crippen MR) is 73.8 cm³/mol. The third-order valence-electron chi connectivity index (χ3n) is 2.66. The molecule has 0 spiro atoms. The van der Waals surface area contributed by atoms with Crippen LogP contribution in [0, 0.1) is 10.1 Å². The van der Waals surface area contributed by atoms with E-state index in [1.165, 1.54) is 20.1 Å². The van der Waals surface area contributed by atoms with Crippen LogP contribution in [0.4, 0.5) is 5.69 Å². The molecule has 0 heterocycles. The molecular weight excluding hydrogens is 280 g/mol. The fourth-order valence-corrected chi connectivity index (χ4v) is 1.63. The molecule has 8 nitrogen and oxygen atoms in total. The van der Waals surface area contributed by atoms with Crippen LogP contribution in [-0.2, 0) is 4.79 Å². The topological polar surface area (TPSA) is 108 Å². The molecule has 1 N–H and O–H groups in total. The Bertz CT molecular complexity index is 558. The average Bonchev–Trinajstić information content (AvgIpc) is 2.46. The standard InChI is InChI=1S/C13H16N2O6/c1-4-14-13(17)8(2)21-12-6-10(15(18)19)9(7-16)5-11(12)20-3/h5-8H,4H2,1-3H3,(H,14,17). The van der Waals surface area contributed by atoms with Crippen LogP contribution in [0.5, 0.6) is 11.5 Å². The Morgan fingerprint density at radius 3 is 2.62 bits per heavy atom. The van der Waals surface area contributed by atoms with Crippen LogP contribution in [0.1, 0.15) is 24.2 Å². The SMILES string of the molecule is CCNC(=O)C(C)Oc1cc([N+](=O)[O-])c(C=O)cc1OC. The van der Waals surface area contributed by atoms with Crippen molar-refractivity contribution in [1.82, 2.24) is 5.32 Å². The fraction of sp³-hybridized carbons (Fsp3) is 0.385. The van der Waals surface area contributed by atoms with Crippen LogP contribution in [0.25, 0.3) is 0 Å². The lowest BCUT2D eigenvalue weighted by Crippen LogP contribution is -2.36. The van der Waals surface area contributed by atoms with E-state index in [9.17, 15) is 19.7 Å². The molecule has 0 aliphatic carbocycles. The molecule has 1 aromatic carbocycles. The zero-order chi connectivity index (χ0) is 16.0. The van der Waals surface area contributed by atoms with Crippen LogP contribution < -0.4 is 14.8 Å². The van der Waals surface area contributed by atoms with Gasteiger partial charge < -0.3 is 14.8 Å². The minimum Gasteiger partial charge on any atom is -0.493 e. The lowest BCUT2D eigenvalue weighted by atomic mass is 10.1. The monoisotopic (exact) mass is 296 g/mol. The molecule has 114 valence electrons. The number of nitrogens with zero attached hydrogens (tertiary/aromatic N) is 1. The summed E-state index contributed by atoms with van der Waals surface area (Å²) < 4.78 is 10.4. The van der Waals surface area contributed by atoms with Crippen molar-refractivity contribution in [3.8, 4) is 11.5 Å². The van der Waals surface area contributed by atoms with Crippen LogP contribution in [-0.4, -0.2) is 36.9 Å². The van der Waals surface area contributed by atoms with Gasteiger partial charge in [-0.3, -0.25) is 19.7 Å². The maximum Gasteiger partial charge on any atom is 0.283 e. The molecule has 0 aliphatic rings. The molecule has 0 saturated carbocycles. The summed E-state index contributed by atoms with van der Waals surface area (Å²) in [7, 11) is 1.33. The van der Waals surface area contributed by atoms with E-state index in [0.717, 1.165) is 6.07 Å². The quantitative estimate of drug-likeness (QED) is 0.462. The molecule has 1 amide bonds. The number of rotatable bonds is 7. The van der Waals surface area contributed by atoms with E-state index in [-0.39, 0.29) is 23.0 Å². The largest absolute Gasteiger partial charge is 0.493 e. The maximum atomic E-state index is 11.6. The van der Waals surface area contributed by atoms with E-state index in [0.29, 0.717) is 12.8 Å². The van der Waals surface area contributed by atoms with Gasteiger partial charge in [0, 0.05) is 12.6 Å². The fourth-order valence-electron chi connectivity index (χ4n) is 1.63. The second-order valence-electron chi connectivity index (χ2n) is 4.09. The van der Waals surface area contributed by atoms with Crippen molar-refractivity contribution in [1.29, 1.82) is 0 Å². The molecule has 21 heavy (non-hydrogen) atoms. The Morgan fingerprint density at radius 2 is 2.14 bits per heavy atom. The Kier molecular flexibility index (Phi) is 5.65.